The molecule has 0 bridgehead atoms. The number of nitrogens with zero attached hydrogens (tertiary/aromatic N) is 1. The van der Waals surface area contributed by atoms with Gasteiger partial charge in [-0.1, -0.05) is 24.3 Å². The first-order valence-electron chi connectivity index (χ1n) is 7.07. The van der Waals surface area contributed by atoms with E-state index in [-0.39, 0.29) is 5.91 Å². The van der Waals surface area contributed by atoms with Crippen molar-refractivity contribution in [1.29, 1.82) is 0 Å². The molecule has 1 heterocycles. The fourth-order valence-electron chi connectivity index (χ4n) is 1.89. The van der Waals surface area contributed by atoms with Gasteiger partial charge in [-0.05, 0) is 31.5 Å². The normalized spacial score (nSPS) is 13.0. The van der Waals surface area contributed by atoms with Gasteiger partial charge in [0.2, 0.25) is 0 Å². The first-order chi connectivity index (χ1) is 11.0. The minimum atomic E-state index is -1.07. The summed E-state index contributed by atoms with van der Waals surface area (Å²) in [4.78, 5) is 28.3. The third-order valence-corrected chi connectivity index (χ3v) is 4.09. The van der Waals surface area contributed by atoms with E-state index in [9.17, 15) is 9.59 Å². The van der Waals surface area contributed by atoms with E-state index < -0.39 is 11.5 Å². The van der Waals surface area contributed by atoms with Gasteiger partial charge in [-0.3, -0.25) is 4.79 Å². The van der Waals surface area contributed by atoms with Crippen molar-refractivity contribution >= 4 is 23.2 Å². The van der Waals surface area contributed by atoms with Gasteiger partial charge in [0.05, 0.1) is 7.11 Å². The van der Waals surface area contributed by atoms with Crippen LogP contribution in [0.25, 0.3) is 0 Å². The van der Waals surface area contributed by atoms with E-state index in [1.165, 1.54) is 18.4 Å². The third kappa shape index (κ3) is 4.07. The van der Waals surface area contributed by atoms with E-state index >= 15 is 0 Å². The van der Waals surface area contributed by atoms with Crippen molar-refractivity contribution in [2.24, 2.45) is 0 Å². The number of thiazole rings is 1. The van der Waals surface area contributed by atoms with Gasteiger partial charge in [0.1, 0.15) is 11.3 Å². The Hall–Kier alpha value is -2.41. The second kappa shape index (κ2) is 7.23. The van der Waals surface area contributed by atoms with Gasteiger partial charge in [-0.2, -0.15) is 0 Å². The molecule has 0 fully saturated rings. The lowest BCUT2D eigenvalue weighted by molar-refractivity contribution is -0.147. The third-order valence-electron chi connectivity index (χ3n) is 3.44. The minimum absolute atomic E-state index is 0.371. The molecule has 23 heavy (non-hydrogen) atoms. The van der Waals surface area contributed by atoms with E-state index in [4.69, 9.17) is 9.47 Å². The van der Waals surface area contributed by atoms with Gasteiger partial charge < -0.3 is 14.8 Å². The van der Waals surface area contributed by atoms with E-state index in [0.717, 1.165) is 0 Å². The van der Waals surface area contributed by atoms with Crippen molar-refractivity contribution in [2.45, 2.75) is 25.8 Å². The largest absolute Gasteiger partial charge is 0.467 e. The number of ether oxygens (including phenoxy) is 2. The minimum Gasteiger partial charge on any atom is -0.467 e. The SMILES string of the molecule is CC[C@](C)(NC(=O)c1cccc(Oc2nccs2)c1)C(=O)OC. The predicted molar refractivity (Wildman–Crippen MR) is 86.8 cm³/mol. The highest BCUT2D eigenvalue weighted by atomic mass is 32.1. The van der Waals surface area contributed by atoms with Crippen LogP contribution < -0.4 is 10.1 Å². The monoisotopic (exact) mass is 334 g/mol. The maximum absolute atomic E-state index is 12.4. The number of hydrogen-bond acceptors (Lipinski definition) is 6. The Morgan fingerprint density at radius 3 is 2.78 bits per heavy atom. The summed E-state index contributed by atoms with van der Waals surface area (Å²) in [6.07, 6.45) is 2.06. The van der Waals surface area contributed by atoms with Crippen molar-refractivity contribution < 1.29 is 19.1 Å². The zero-order valence-electron chi connectivity index (χ0n) is 13.2. The first kappa shape index (κ1) is 17.0. The molecule has 0 saturated heterocycles. The van der Waals surface area contributed by atoms with Crippen LogP contribution in [0.15, 0.2) is 35.8 Å². The standard InChI is InChI=1S/C16H18N2O4S/c1-4-16(2,14(20)21-3)18-13(19)11-6-5-7-12(10-11)22-15-17-8-9-23-15/h5-10H,4H2,1-3H3,(H,18,19)/t16-/m0/s1. The second-order valence-electron chi connectivity index (χ2n) is 5.06. The Labute approximate surface area is 138 Å². The fourth-order valence-corrected chi connectivity index (χ4v) is 2.40. The number of rotatable bonds is 6. The van der Waals surface area contributed by atoms with Crippen LogP contribution in [0.2, 0.25) is 0 Å². The van der Waals surface area contributed by atoms with Gasteiger partial charge in [-0.15, -0.1) is 0 Å². The molecule has 0 aliphatic heterocycles. The highest BCUT2D eigenvalue weighted by Crippen LogP contribution is 2.24. The number of amides is 1. The van der Waals surface area contributed by atoms with E-state index in [1.807, 2.05) is 0 Å². The number of aromatic nitrogens is 1. The molecule has 0 spiro atoms. The molecule has 1 N–H and O–H groups in total. The highest BCUT2D eigenvalue weighted by Gasteiger charge is 2.34. The lowest BCUT2D eigenvalue weighted by Crippen LogP contribution is -2.52. The molecule has 2 rings (SSSR count). The van der Waals surface area contributed by atoms with E-state index in [1.54, 1.807) is 49.7 Å². The molecule has 1 atom stereocenters. The molecule has 0 saturated carbocycles. The summed E-state index contributed by atoms with van der Waals surface area (Å²) in [7, 11) is 1.30. The van der Waals surface area contributed by atoms with Crippen molar-refractivity contribution in [3.63, 3.8) is 0 Å². The number of methoxy groups -OCH3 is 1. The van der Waals surface area contributed by atoms with Crippen LogP contribution in [0.4, 0.5) is 0 Å². The first-order valence-corrected chi connectivity index (χ1v) is 7.95. The highest BCUT2D eigenvalue weighted by molar-refractivity contribution is 7.11. The summed E-state index contributed by atoms with van der Waals surface area (Å²) < 4.78 is 10.3. The molecular formula is C16H18N2O4S. The van der Waals surface area contributed by atoms with Crippen molar-refractivity contribution in [3.8, 4) is 10.9 Å². The smallest absolute Gasteiger partial charge is 0.331 e. The van der Waals surface area contributed by atoms with Crippen LogP contribution in [0.5, 0.6) is 10.9 Å². The van der Waals surface area contributed by atoms with Crippen LogP contribution >= 0.6 is 11.3 Å². The summed E-state index contributed by atoms with van der Waals surface area (Å²) in [5, 5.41) is 5.01. The van der Waals surface area contributed by atoms with Crippen LogP contribution in [-0.4, -0.2) is 29.5 Å². The summed E-state index contributed by atoms with van der Waals surface area (Å²) >= 11 is 1.36. The van der Waals surface area contributed by atoms with Gasteiger partial charge in [0, 0.05) is 17.1 Å². The average molecular weight is 334 g/mol. The molecular weight excluding hydrogens is 316 g/mol. The fraction of sp³-hybridized carbons (Fsp3) is 0.312. The van der Waals surface area contributed by atoms with E-state index in [0.29, 0.717) is 22.9 Å². The molecule has 7 heteroatoms. The zero-order valence-corrected chi connectivity index (χ0v) is 14.0. The Kier molecular flexibility index (Phi) is 5.33. The Balaban J connectivity index is 2.14. The Bertz CT molecular complexity index is 687. The van der Waals surface area contributed by atoms with Crippen molar-refractivity contribution in [3.05, 3.63) is 41.4 Å². The van der Waals surface area contributed by atoms with Gasteiger partial charge >= 0.3 is 5.97 Å². The summed E-state index contributed by atoms with van der Waals surface area (Å²) in [5.74, 6) is -0.350. The maximum Gasteiger partial charge on any atom is 0.331 e. The Morgan fingerprint density at radius 2 is 2.17 bits per heavy atom. The van der Waals surface area contributed by atoms with E-state index in [2.05, 4.69) is 10.3 Å². The summed E-state index contributed by atoms with van der Waals surface area (Å²) in [6.45, 7) is 3.44. The van der Waals surface area contributed by atoms with Crippen LogP contribution in [0.1, 0.15) is 30.6 Å². The Morgan fingerprint density at radius 1 is 1.39 bits per heavy atom. The molecule has 0 aliphatic rings. The molecule has 1 aromatic heterocycles. The van der Waals surface area contributed by atoms with Gasteiger partial charge in [0.15, 0.2) is 0 Å². The lowest BCUT2D eigenvalue weighted by Gasteiger charge is -2.26. The molecule has 2 aromatic rings. The molecule has 122 valence electrons. The van der Waals surface area contributed by atoms with Gasteiger partial charge in [0.25, 0.3) is 11.1 Å². The lowest BCUT2D eigenvalue weighted by atomic mass is 9.98. The topological polar surface area (TPSA) is 77.5 Å². The van der Waals surface area contributed by atoms with Crippen molar-refractivity contribution in [1.82, 2.24) is 10.3 Å². The summed E-state index contributed by atoms with van der Waals surface area (Å²) in [6, 6.07) is 6.69. The number of hydrogen-bond donors (Lipinski definition) is 1. The molecule has 6 nitrogen and oxygen atoms in total. The second-order valence-corrected chi connectivity index (χ2v) is 5.92. The molecule has 1 amide bonds. The predicted octanol–water partition coefficient (Wildman–Crippen LogP) is 3.01. The molecule has 0 unspecified atom stereocenters. The zero-order chi connectivity index (χ0) is 16.9. The van der Waals surface area contributed by atoms with Crippen molar-refractivity contribution in [2.75, 3.05) is 7.11 Å². The van der Waals surface area contributed by atoms with Crippen LogP contribution in [0, 0.1) is 0 Å². The number of carbonyl (C=O) groups is 2. The van der Waals surface area contributed by atoms with Crippen LogP contribution in [-0.2, 0) is 9.53 Å². The number of nitrogens with one attached hydrogen (secondary N) is 1. The van der Waals surface area contributed by atoms with Crippen LogP contribution in [0.3, 0.4) is 0 Å². The summed E-state index contributed by atoms with van der Waals surface area (Å²) in [5.41, 5.74) is -0.680. The number of carbonyl (C=O) groups excluding carboxylic acids is 2. The van der Waals surface area contributed by atoms with Gasteiger partial charge in [-0.25, -0.2) is 9.78 Å². The molecule has 0 radical (unpaired) electrons. The maximum atomic E-state index is 12.4. The number of benzene rings is 1. The molecule has 1 aromatic carbocycles. The quantitative estimate of drug-likeness (QED) is 0.822. The molecule has 0 aliphatic carbocycles. The average Bonchev–Trinajstić information content (AvgIpc) is 3.07. The number of esters is 1.